The molecule has 0 unspecified atom stereocenters. The van der Waals surface area contributed by atoms with Crippen molar-refractivity contribution in [3.8, 4) is 11.6 Å². The fraction of sp³-hybridized carbons (Fsp3) is 0.276. The van der Waals surface area contributed by atoms with Crippen LogP contribution in [0.1, 0.15) is 24.3 Å². The number of carbonyl (C=O) groups excluding carboxylic acids is 1. The number of H-pyrrole nitrogens is 1. The number of halogens is 1. The number of aromatic amines is 1. The first-order valence-corrected chi connectivity index (χ1v) is 13.1. The zero-order chi connectivity index (χ0) is 26.9. The Morgan fingerprint density at radius 2 is 1.95 bits per heavy atom. The number of anilines is 4. The lowest BCUT2D eigenvalue weighted by molar-refractivity contribution is -0.111. The SMILES string of the molecule is C=CC(=O)Nc1cccc(Oc2nc(Nc3ccc(N4CCN(C)CC4)c(F)c3)nc3[nH]cc(C4CC4)c23)c1. The van der Waals surface area contributed by atoms with Crippen molar-refractivity contribution in [3.63, 3.8) is 0 Å². The van der Waals surface area contributed by atoms with Gasteiger partial charge in [-0.25, -0.2) is 4.39 Å². The molecule has 1 aliphatic heterocycles. The topological polar surface area (TPSA) is 98.4 Å². The van der Waals surface area contributed by atoms with Crippen molar-refractivity contribution in [1.82, 2.24) is 19.9 Å². The van der Waals surface area contributed by atoms with Gasteiger partial charge in [0.2, 0.25) is 17.7 Å². The Labute approximate surface area is 225 Å². The monoisotopic (exact) mass is 527 g/mol. The van der Waals surface area contributed by atoms with Gasteiger partial charge in [-0.3, -0.25) is 4.79 Å². The van der Waals surface area contributed by atoms with Gasteiger partial charge in [-0.2, -0.15) is 9.97 Å². The van der Waals surface area contributed by atoms with E-state index in [0.717, 1.165) is 50.0 Å². The number of fused-ring (bicyclic) bond motifs is 1. The predicted octanol–water partition coefficient (Wildman–Crippen LogP) is 5.39. The summed E-state index contributed by atoms with van der Waals surface area (Å²) in [6.07, 6.45) is 5.38. The molecular weight excluding hydrogens is 497 g/mol. The molecule has 0 radical (unpaired) electrons. The fourth-order valence-electron chi connectivity index (χ4n) is 4.83. The van der Waals surface area contributed by atoms with E-state index >= 15 is 4.39 Å². The van der Waals surface area contributed by atoms with Gasteiger partial charge in [-0.05, 0) is 67.8 Å². The van der Waals surface area contributed by atoms with Crippen LogP contribution in [0.5, 0.6) is 11.6 Å². The summed E-state index contributed by atoms with van der Waals surface area (Å²) in [7, 11) is 2.07. The highest BCUT2D eigenvalue weighted by atomic mass is 19.1. The highest BCUT2D eigenvalue weighted by Gasteiger charge is 2.29. The smallest absolute Gasteiger partial charge is 0.247 e. The summed E-state index contributed by atoms with van der Waals surface area (Å²) in [5.74, 6) is 1.01. The molecule has 0 bridgehead atoms. The number of benzene rings is 2. The lowest BCUT2D eigenvalue weighted by Crippen LogP contribution is -2.44. The predicted molar refractivity (Wildman–Crippen MR) is 151 cm³/mol. The van der Waals surface area contributed by atoms with Crippen LogP contribution >= 0.6 is 0 Å². The molecule has 1 saturated heterocycles. The maximum atomic E-state index is 15.1. The van der Waals surface area contributed by atoms with Gasteiger partial charge in [0, 0.05) is 49.8 Å². The fourth-order valence-corrected chi connectivity index (χ4v) is 4.83. The molecule has 200 valence electrons. The molecule has 6 rings (SSSR count). The summed E-state index contributed by atoms with van der Waals surface area (Å²) in [6.45, 7) is 6.87. The molecule has 3 N–H and O–H groups in total. The molecule has 39 heavy (non-hydrogen) atoms. The normalized spacial score (nSPS) is 15.8. The minimum absolute atomic E-state index is 0.282. The summed E-state index contributed by atoms with van der Waals surface area (Å²) in [5, 5.41) is 6.70. The molecule has 4 aromatic rings. The number of likely N-dealkylation sites (N-methyl/N-ethyl adjacent to an activating group) is 1. The van der Waals surface area contributed by atoms with Crippen LogP contribution in [-0.4, -0.2) is 59.0 Å². The number of ether oxygens (including phenoxy) is 1. The molecule has 10 heteroatoms. The standard InChI is InChI=1S/C29H30FN7O2/c1-3-25(38)32-19-5-4-6-21(15-19)39-28-26-22(18-7-8-18)17-31-27(26)34-29(35-28)33-20-9-10-24(23(30)16-20)37-13-11-36(2)12-14-37/h3-6,9-10,15-18H,1,7-8,11-14H2,2H3,(H,32,38)(H2,31,33,34,35). The molecule has 3 heterocycles. The minimum Gasteiger partial charge on any atom is -0.438 e. The van der Waals surface area contributed by atoms with Gasteiger partial charge in [0.25, 0.3) is 0 Å². The van der Waals surface area contributed by atoms with E-state index < -0.39 is 0 Å². The highest BCUT2D eigenvalue weighted by molar-refractivity contribution is 5.99. The van der Waals surface area contributed by atoms with Crippen LogP contribution in [-0.2, 0) is 4.79 Å². The third kappa shape index (κ3) is 5.42. The molecule has 2 aromatic carbocycles. The Balaban J connectivity index is 1.29. The first-order chi connectivity index (χ1) is 19.0. The van der Waals surface area contributed by atoms with Crippen LogP contribution in [0.3, 0.4) is 0 Å². The van der Waals surface area contributed by atoms with Crippen LogP contribution < -0.4 is 20.3 Å². The molecular formula is C29H30FN7O2. The molecule has 1 amide bonds. The maximum Gasteiger partial charge on any atom is 0.247 e. The zero-order valence-electron chi connectivity index (χ0n) is 21.7. The lowest BCUT2D eigenvalue weighted by atomic mass is 10.1. The summed E-state index contributed by atoms with van der Waals surface area (Å²) in [5.41, 5.74) is 3.46. The first kappa shape index (κ1) is 24.9. The summed E-state index contributed by atoms with van der Waals surface area (Å²) in [4.78, 5) is 28.6. The number of rotatable bonds is 8. The second-order valence-corrected chi connectivity index (χ2v) is 10.00. The summed E-state index contributed by atoms with van der Waals surface area (Å²) in [6, 6.07) is 12.2. The highest BCUT2D eigenvalue weighted by Crippen LogP contribution is 2.45. The molecule has 0 atom stereocenters. The second kappa shape index (κ2) is 10.4. The minimum atomic E-state index is -0.310. The van der Waals surface area contributed by atoms with E-state index in [1.165, 1.54) is 12.1 Å². The van der Waals surface area contributed by atoms with Crippen LogP contribution in [0, 0.1) is 5.82 Å². The van der Waals surface area contributed by atoms with Gasteiger partial charge in [-0.15, -0.1) is 0 Å². The third-order valence-electron chi connectivity index (χ3n) is 7.10. The molecule has 2 aromatic heterocycles. The van der Waals surface area contributed by atoms with Gasteiger partial charge < -0.3 is 30.2 Å². The van der Waals surface area contributed by atoms with Crippen LogP contribution in [0.2, 0.25) is 0 Å². The molecule has 1 saturated carbocycles. The van der Waals surface area contributed by atoms with Crippen LogP contribution in [0.15, 0.2) is 61.3 Å². The molecule has 0 spiro atoms. The quantitative estimate of drug-likeness (QED) is 0.265. The Bertz CT molecular complexity index is 1540. The molecule has 1 aliphatic carbocycles. The second-order valence-electron chi connectivity index (χ2n) is 10.00. The van der Waals surface area contributed by atoms with E-state index in [1.54, 1.807) is 30.3 Å². The van der Waals surface area contributed by atoms with Crippen LogP contribution in [0.25, 0.3) is 11.0 Å². The van der Waals surface area contributed by atoms with Crippen molar-refractivity contribution in [3.05, 3.63) is 72.7 Å². The van der Waals surface area contributed by atoms with E-state index in [-0.39, 0.29) is 17.7 Å². The van der Waals surface area contributed by atoms with Gasteiger partial charge in [-0.1, -0.05) is 12.6 Å². The van der Waals surface area contributed by atoms with E-state index in [2.05, 4.69) is 49.0 Å². The average Bonchev–Trinajstić information content (AvgIpc) is 3.68. The number of amides is 1. The Morgan fingerprint density at radius 1 is 1.13 bits per heavy atom. The molecule has 9 nitrogen and oxygen atoms in total. The lowest BCUT2D eigenvalue weighted by Gasteiger charge is -2.34. The summed E-state index contributed by atoms with van der Waals surface area (Å²) >= 11 is 0. The number of carbonyl (C=O) groups is 1. The largest absolute Gasteiger partial charge is 0.438 e. The maximum absolute atomic E-state index is 15.1. The number of nitrogens with zero attached hydrogens (tertiary/aromatic N) is 4. The molecule has 2 fully saturated rings. The van der Waals surface area contributed by atoms with E-state index in [0.29, 0.717) is 40.3 Å². The van der Waals surface area contributed by atoms with Gasteiger partial charge in [0.05, 0.1) is 11.1 Å². The van der Waals surface area contributed by atoms with E-state index in [1.807, 2.05) is 12.3 Å². The van der Waals surface area contributed by atoms with Crippen molar-refractivity contribution in [2.75, 3.05) is 48.8 Å². The van der Waals surface area contributed by atoms with Crippen molar-refractivity contribution < 1.29 is 13.9 Å². The Morgan fingerprint density at radius 3 is 2.69 bits per heavy atom. The number of hydrogen-bond acceptors (Lipinski definition) is 7. The number of nitrogens with one attached hydrogen (secondary N) is 3. The average molecular weight is 528 g/mol. The van der Waals surface area contributed by atoms with E-state index in [4.69, 9.17) is 4.74 Å². The number of piperazine rings is 1. The van der Waals surface area contributed by atoms with Crippen molar-refractivity contribution in [1.29, 1.82) is 0 Å². The van der Waals surface area contributed by atoms with Gasteiger partial charge in [0.15, 0.2) is 0 Å². The van der Waals surface area contributed by atoms with Crippen molar-refractivity contribution in [2.45, 2.75) is 18.8 Å². The van der Waals surface area contributed by atoms with Crippen molar-refractivity contribution >= 4 is 40.0 Å². The Hall–Kier alpha value is -4.44. The number of hydrogen-bond donors (Lipinski definition) is 3. The Kier molecular flexibility index (Phi) is 6.62. The van der Waals surface area contributed by atoms with Gasteiger partial charge >= 0.3 is 0 Å². The van der Waals surface area contributed by atoms with Crippen LogP contribution in [0.4, 0.5) is 27.4 Å². The van der Waals surface area contributed by atoms with Gasteiger partial charge in [0.1, 0.15) is 17.2 Å². The van der Waals surface area contributed by atoms with E-state index in [9.17, 15) is 4.79 Å². The summed E-state index contributed by atoms with van der Waals surface area (Å²) < 4.78 is 21.4. The molecule has 2 aliphatic rings. The van der Waals surface area contributed by atoms with Crippen molar-refractivity contribution in [2.24, 2.45) is 0 Å². The third-order valence-corrected chi connectivity index (χ3v) is 7.10. The first-order valence-electron chi connectivity index (χ1n) is 13.1. The number of aromatic nitrogens is 3. The zero-order valence-corrected chi connectivity index (χ0v) is 21.7.